The van der Waals surface area contributed by atoms with Crippen LogP contribution < -0.4 is 15.2 Å². The minimum absolute atomic E-state index is 0.0510. The molecule has 2 aromatic carbocycles. The third kappa shape index (κ3) is 3.64. The Bertz CT molecular complexity index is 1300. The van der Waals surface area contributed by atoms with Gasteiger partial charge in [-0.1, -0.05) is 18.2 Å². The number of benzene rings is 2. The molecule has 2 aromatic heterocycles. The number of fused-ring (bicyclic) bond motifs is 1. The van der Waals surface area contributed by atoms with Gasteiger partial charge in [-0.05, 0) is 49.2 Å². The fourth-order valence-corrected chi connectivity index (χ4v) is 4.16. The molecule has 5 rings (SSSR count). The maximum Gasteiger partial charge on any atom is 0.263 e. The SMILES string of the molecule is COc1ccc(C(=O)C2CCN(c3nc4c(cnn4-c4ccccc4)c(=O)[nH]3)CC2)cc1. The summed E-state index contributed by atoms with van der Waals surface area (Å²) in [6.45, 7) is 1.28. The molecule has 162 valence electrons. The predicted octanol–water partition coefficient (Wildman–Crippen LogP) is 3.22. The van der Waals surface area contributed by atoms with Crippen molar-refractivity contribution in [1.29, 1.82) is 0 Å². The van der Waals surface area contributed by atoms with E-state index in [0.29, 0.717) is 48.5 Å². The molecule has 8 nitrogen and oxygen atoms in total. The van der Waals surface area contributed by atoms with Crippen LogP contribution in [0.3, 0.4) is 0 Å². The Morgan fingerprint density at radius 2 is 1.78 bits per heavy atom. The number of ether oxygens (including phenoxy) is 1. The number of aromatic amines is 1. The van der Waals surface area contributed by atoms with Crippen molar-refractivity contribution < 1.29 is 9.53 Å². The summed E-state index contributed by atoms with van der Waals surface area (Å²) in [5, 5.41) is 4.80. The molecule has 0 saturated carbocycles. The fourth-order valence-electron chi connectivity index (χ4n) is 4.16. The zero-order chi connectivity index (χ0) is 22.1. The van der Waals surface area contributed by atoms with Gasteiger partial charge in [0.2, 0.25) is 5.95 Å². The number of piperidine rings is 1. The smallest absolute Gasteiger partial charge is 0.263 e. The molecular weight excluding hydrogens is 406 g/mol. The number of methoxy groups -OCH3 is 1. The minimum Gasteiger partial charge on any atom is -0.497 e. The van der Waals surface area contributed by atoms with E-state index in [1.807, 2.05) is 59.5 Å². The molecule has 0 bridgehead atoms. The molecule has 8 heteroatoms. The van der Waals surface area contributed by atoms with Crippen molar-refractivity contribution in [3.63, 3.8) is 0 Å². The molecule has 0 unspecified atom stereocenters. The Morgan fingerprint density at radius 1 is 1.06 bits per heavy atom. The molecule has 4 aromatic rings. The predicted molar refractivity (Wildman–Crippen MR) is 122 cm³/mol. The molecule has 0 amide bonds. The van der Waals surface area contributed by atoms with Gasteiger partial charge in [-0.3, -0.25) is 14.6 Å². The first-order chi connectivity index (χ1) is 15.6. The summed E-state index contributed by atoms with van der Waals surface area (Å²) >= 11 is 0. The van der Waals surface area contributed by atoms with E-state index in [4.69, 9.17) is 9.72 Å². The largest absolute Gasteiger partial charge is 0.497 e. The Labute approximate surface area is 184 Å². The fraction of sp³-hybridized carbons (Fsp3) is 0.250. The number of carbonyl (C=O) groups excluding carboxylic acids is 1. The molecule has 0 radical (unpaired) electrons. The van der Waals surface area contributed by atoms with E-state index >= 15 is 0 Å². The number of carbonyl (C=O) groups is 1. The molecule has 0 aliphatic carbocycles. The van der Waals surface area contributed by atoms with Gasteiger partial charge in [-0.15, -0.1) is 0 Å². The van der Waals surface area contributed by atoms with Gasteiger partial charge in [-0.25, -0.2) is 4.68 Å². The minimum atomic E-state index is -0.219. The Balaban J connectivity index is 1.35. The molecule has 1 aliphatic heterocycles. The van der Waals surface area contributed by atoms with Crippen molar-refractivity contribution in [2.75, 3.05) is 25.1 Å². The standard InChI is InChI=1S/C24H23N5O3/c1-32-19-9-7-16(8-10-19)21(30)17-11-13-28(14-12-17)24-26-22-20(23(31)27-24)15-25-29(22)18-5-3-2-4-6-18/h2-10,15,17H,11-14H2,1H3,(H,26,27,31). The Morgan fingerprint density at radius 3 is 2.47 bits per heavy atom. The molecule has 1 fully saturated rings. The number of ketones is 1. The lowest BCUT2D eigenvalue weighted by atomic mass is 9.89. The van der Waals surface area contributed by atoms with Gasteiger partial charge >= 0.3 is 0 Å². The molecule has 1 saturated heterocycles. The van der Waals surface area contributed by atoms with Crippen LogP contribution in [-0.4, -0.2) is 45.7 Å². The normalized spacial score (nSPS) is 14.6. The second-order valence-electron chi connectivity index (χ2n) is 7.87. The van der Waals surface area contributed by atoms with Crippen molar-refractivity contribution in [3.05, 3.63) is 76.7 Å². The first-order valence-electron chi connectivity index (χ1n) is 10.6. The number of nitrogens with one attached hydrogen (secondary N) is 1. The van der Waals surface area contributed by atoms with Crippen LogP contribution in [0, 0.1) is 5.92 Å². The second-order valence-corrected chi connectivity index (χ2v) is 7.87. The lowest BCUT2D eigenvalue weighted by molar-refractivity contribution is 0.0900. The van der Waals surface area contributed by atoms with Crippen molar-refractivity contribution in [3.8, 4) is 11.4 Å². The molecular formula is C24H23N5O3. The van der Waals surface area contributed by atoms with Gasteiger partial charge < -0.3 is 9.64 Å². The summed E-state index contributed by atoms with van der Waals surface area (Å²) in [5.74, 6) is 1.34. The van der Waals surface area contributed by atoms with E-state index in [0.717, 1.165) is 11.4 Å². The first kappa shape index (κ1) is 20.0. The highest BCUT2D eigenvalue weighted by atomic mass is 16.5. The van der Waals surface area contributed by atoms with Crippen LogP contribution in [-0.2, 0) is 0 Å². The van der Waals surface area contributed by atoms with Crippen molar-refractivity contribution >= 4 is 22.8 Å². The van der Waals surface area contributed by atoms with Gasteiger partial charge in [0.05, 0.1) is 19.0 Å². The van der Waals surface area contributed by atoms with Crippen LogP contribution >= 0.6 is 0 Å². The topological polar surface area (TPSA) is 93.1 Å². The lowest BCUT2D eigenvalue weighted by Crippen LogP contribution is -2.38. The number of aromatic nitrogens is 4. The van der Waals surface area contributed by atoms with Crippen LogP contribution in [0.1, 0.15) is 23.2 Å². The highest BCUT2D eigenvalue weighted by molar-refractivity contribution is 5.98. The van der Waals surface area contributed by atoms with E-state index in [2.05, 4.69) is 10.1 Å². The summed E-state index contributed by atoms with van der Waals surface area (Å²) in [6, 6.07) is 16.8. The monoisotopic (exact) mass is 429 g/mol. The maximum atomic E-state index is 12.9. The van der Waals surface area contributed by atoms with Crippen LogP contribution in [0.25, 0.3) is 16.7 Å². The zero-order valence-corrected chi connectivity index (χ0v) is 17.7. The number of hydrogen-bond acceptors (Lipinski definition) is 6. The van der Waals surface area contributed by atoms with Crippen LogP contribution in [0.4, 0.5) is 5.95 Å². The average molecular weight is 429 g/mol. The van der Waals surface area contributed by atoms with Gasteiger partial charge in [-0.2, -0.15) is 10.1 Å². The number of anilines is 1. The lowest BCUT2D eigenvalue weighted by Gasteiger charge is -2.31. The number of Topliss-reactive ketones (excluding diaryl/α,β-unsaturated/α-hetero) is 1. The number of para-hydroxylation sites is 1. The van der Waals surface area contributed by atoms with Gasteiger partial charge in [0.25, 0.3) is 5.56 Å². The Hall–Kier alpha value is -3.94. The van der Waals surface area contributed by atoms with Gasteiger partial charge in [0.15, 0.2) is 11.4 Å². The average Bonchev–Trinajstić information content (AvgIpc) is 3.29. The quantitative estimate of drug-likeness (QED) is 0.490. The number of H-pyrrole nitrogens is 1. The van der Waals surface area contributed by atoms with E-state index in [-0.39, 0.29) is 17.3 Å². The van der Waals surface area contributed by atoms with Crippen molar-refractivity contribution in [1.82, 2.24) is 19.7 Å². The molecule has 0 atom stereocenters. The summed E-state index contributed by atoms with van der Waals surface area (Å²) in [7, 11) is 1.61. The third-order valence-corrected chi connectivity index (χ3v) is 5.97. The van der Waals surface area contributed by atoms with Crippen LogP contribution in [0.15, 0.2) is 65.6 Å². The highest BCUT2D eigenvalue weighted by Crippen LogP contribution is 2.25. The van der Waals surface area contributed by atoms with E-state index in [1.165, 1.54) is 6.20 Å². The third-order valence-electron chi connectivity index (χ3n) is 5.97. The van der Waals surface area contributed by atoms with E-state index < -0.39 is 0 Å². The maximum absolute atomic E-state index is 12.9. The number of hydrogen-bond donors (Lipinski definition) is 1. The van der Waals surface area contributed by atoms with E-state index in [9.17, 15) is 9.59 Å². The molecule has 3 heterocycles. The Kier molecular flexibility index (Phi) is 5.18. The summed E-state index contributed by atoms with van der Waals surface area (Å²) in [6.07, 6.45) is 2.94. The molecule has 0 spiro atoms. The summed E-state index contributed by atoms with van der Waals surface area (Å²) < 4.78 is 6.84. The molecule has 1 N–H and O–H groups in total. The summed E-state index contributed by atoms with van der Waals surface area (Å²) in [5.41, 5.74) is 1.84. The number of rotatable bonds is 5. The van der Waals surface area contributed by atoms with Gasteiger partial charge in [0, 0.05) is 24.6 Å². The summed E-state index contributed by atoms with van der Waals surface area (Å²) in [4.78, 5) is 35.2. The molecule has 32 heavy (non-hydrogen) atoms. The molecule has 1 aliphatic rings. The van der Waals surface area contributed by atoms with Crippen LogP contribution in [0.2, 0.25) is 0 Å². The first-order valence-corrected chi connectivity index (χ1v) is 10.6. The van der Waals surface area contributed by atoms with E-state index in [1.54, 1.807) is 11.8 Å². The number of nitrogens with zero attached hydrogens (tertiary/aromatic N) is 4. The van der Waals surface area contributed by atoms with Gasteiger partial charge in [0.1, 0.15) is 11.1 Å². The second kappa shape index (κ2) is 8.30. The van der Waals surface area contributed by atoms with Crippen molar-refractivity contribution in [2.45, 2.75) is 12.8 Å². The van der Waals surface area contributed by atoms with Crippen molar-refractivity contribution in [2.24, 2.45) is 5.92 Å². The highest BCUT2D eigenvalue weighted by Gasteiger charge is 2.27. The van der Waals surface area contributed by atoms with Crippen LogP contribution in [0.5, 0.6) is 5.75 Å². The zero-order valence-electron chi connectivity index (χ0n) is 17.7.